The molecular formula is C14H10BrN3O3. The first-order valence-corrected chi connectivity index (χ1v) is 6.69. The van der Waals surface area contributed by atoms with E-state index in [0.29, 0.717) is 5.56 Å². The summed E-state index contributed by atoms with van der Waals surface area (Å²) in [5.74, 6) is -0.434. The van der Waals surface area contributed by atoms with Gasteiger partial charge in [0.25, 0.3) is 11.6 Å². The number of nitro benzene ring substituents is 1. The molecule has 1 N–H and O–H groups in total. The first kappa shape index (κ1) is 14.9. The number of hydrogen-bond acceptors (Lipinski definition) is 4. The van der Waals surface area contributed by atoms with E-state index in [-0.39, 0.29) is 5.69 Å². The fraction of sp³-hybridized carbons (Fsp3) is 0. The van der Waals surface area contributed by atoms with E-state index in [9.17, 15) is 14.9 Å². The SMILES string of the molecule is O=C(NN=Cc1cccc(Br)c1)c1ccc([N+](=O)[O-])cc1. The third-order valence-electron chi connectivity index (χ3n) is 2.57. The van der Waals surface area contributed by atoms with Gasteiger partial charge in [-0.15, -0.1) is 0 Å². The van der Waals surface area contributed by atoms with Gasteiger partial charge in [0.15, 0.2) is 0 Å². The number of nitro groups is 1. The molecule has 0 saturated heterocycles. The first-order valence-electron chi connectivity index (χ1n) is 5.90. The Hall–Kier alpha value is -2.54. The molecular weight excluding hydrogens is 338 g/mol. The molecule has 2 rings (SSSR count). The maximum Gasteiger partial charge on any atom is 0.271 e. The molecule has 1 amide bonds. The van der Waals surface area contributed by atoms with Crippen LogP contribution in [-0.2, 0) is 0 Å². The molecule has 0 aromatic heterocycles. The lowest BCUT2D eigenvalue weighted by atomic mass is 10.2. The fourth-order valence-electron chi connectivity index (χ4n) is 1.55. The molecule has 2 aromatic rings. The summed E-state index contributed by atoms with van der Waals surface area (Å²) in [6.45, 7) is 0. The van der Waals surface area contributed by atoms with E-state index in [4.69, 9.17) is 0 Å². The molecule has 0 aliphatic rings. The minimum absolute atomic E-state index is 0.0656. The predicted molar refractivity (Wildman–Crippen MR) is 82.3 cm³/mol. The monoisotopic (exact) mass is 347 g/mol. The first-order chi connectivity index (χ1) is 10.1. The minimum atomic E-state index is -0.521. The number of halogens is 1. The Kier molecular flexibility index (Phi) is 4.78. The maximum atomic E-state index is 11.8. The number of hydrogen-bond donors (Lipinski definition) is 1. The van der Waals surface area contributed by atoms with Crippen LogP contribution in [-0.4, -0.2) is 17.0 Å². The summed E-state index contributed by atoms with van der Waals surface area (Å²) in [5.41, 5.74) is 3.42. The lowest BCUT2D eigenvalue weighted by Crippen LogP contribution is -2.17. The van der Waals surface area contributed by atoms with E-state index >= 15 is 0 Å². The van der Waals surface area contributed by atoms with Crippen molar-refractivity contribution in [2.45, 2.75) is 0 Å². The van der Waals surface area contributed by atoms with Gasteiger partial charge in [0, 0.05) is 22.2 Å². The molecule has 106 valence electrons. The summed E-state index contributed by atoms with van der Waals surface area (Å²) in [4.78, 5) is 21.8. The van der Waals surface area contributed by atoms with Crippen molar-refractivity contribution in [2.24, 2.45) is 5.10 Å². The van der Waals surface area contributed by atoms with Crippen LogP contribution in [0.1, 0.15) is 15.9 Å². The zero-order chi connectivity index (χ0) is 15.2. The third kappa shape index (κ3) is 4.22. The van der Waals surface area contributed by atoms with Crippen molar-refractivity contribution in [3.8, 4) is 0 Å². The van der Waals surface area contributed by atoms with Crippen molar-refractivity contribution in [1.82, 2.24) is 5.43 Å². The number of nitrogens with one attached hydrogen (secondary N) is 1. The van der Waals surface area contributed by atoms with Gasteiger partial charge in [-0.2, -0.15) is 5.10 Å². The molecule has 21 heavy (non-hydrogen) atoms. The maximum absolute atomic E-state index is 11.8. The fourth-order valence-corrected chi connectivity index (χ4v) is 1.97. The largest absolute Gasteiger partial charge is 0.271 e. The average molecular weight is 348 g/mol. The zero-order valence-electron chi connectivity index (χ0n) is 10.7. The van der Waals surface area contributed by atoms with Crippen molar-refractivity contribution < 1.29 is 9.72 Å². The Balaban J connectivity index is 2.00. The molecule has 0 aliphatic heterocycles. The molecule has 6 nitrogen and oxygen atoms in total. The molecule has 0 heterocycles. The van der Waals surface area contributed by atoms with Crippen molar-refractivity contribution in [3.63, 3.8) is 0 Å². The summed E-state index contributed by atoms with van der Waals surface area (Å²) in [6, 6.07) is 12.7. The second kappa shape index (κ2) is 6.76. The number of non-ortho nitro benzene ring substituents is 1. The standard InChI is InChI=1S/C14H10BrN3O3/c15-12-3-1-2-10(8-12)9-16-17-14(19)11-4-6-13(7-5-11)18(20)21/h1-9H,(H,17,19). The van der Waals surface area contributed by atoms with Crippen LogP contribution in [0.2, 0.25) is 0 Å². The minimum Gasteiger partial charge on any atom is -0.267 e. The Bertz CT molecular complexity index is 699. The van der Waals surface area contributed by atoms with Gasteiger partial charge in [-0.05, 0) is 29.8 Å². The van der Waals surface area contributed by atoms with E-state index in [1.54, 1.807) is 0 Å². The number of benzene rings is 2. The van der Waals surface area contributed by atoms with Gasteiger partial charge in [-0.1, -0.05) is 28.1 Å². The third-order valence-corrected chi connectivity index (χ3v) is 3.06. The van der Waals surface area contributed by atoms with E-state index in [1.807, 2.05) is 24.3 Å². The van der Waals surface area contributed by atoms with Gasteiger partial charge in [0.2, 0.25) is 0 Å². The second-order valence-electron chi connectivity index (χ2n) is 4.06. The lowest BCUT2D eigenvalue weighted by Gasteiger charge is -1.99. The summed E-state index contributed by atoms with van der Waals surface area (Å²) < 4.78 is 0.910. The molecule has 0 aliphatic carbocycles. The summed E-state index contributed by atoms with van der Waals surface area (Å²) in [7, 11) is 0. The van der Waals surface area contributed by atoms with Gasteiger partial charge in [-0.25, -0.2) is 5.43 Å². The molecule has 0 spiro atoms. The topological polar surface area (TPSA) is 84.6 Å². The molecule has 2 aromatic carbocycles. The molecule has 7 heteroatoms. The molecule has 0 atom stereocenters. The molecule has 0 unspecified atom stereocenters. The van der Waals surface area contributed by atoms with Crippen LogP contribution < -0.4 is 5.43 Å². The normalized spacial score (nSPS) is 10.5. The highest BCUT2D eigenvalue weighted by atomic mass is 79.9. The Labute approximate surface area is 128 Å². The number of amides is 1. The van der Waals surface area contributed by atoms with Crippen LogP contribution in [0.4, 0.5) is 5.69 Å². The number of carbonyl (C=O) groups is 1. The van der Waals surface area contributed by atoms with Crippen LogP contribution in [0.3, 0.4) is 0 Å². The Morgan fingerprint density at radius 3 is 2.57 bits per heavy atom. The lowest BCUT2D eigenvalue weighted by molar-refractivity contribution is -0.384. The van der Waals surface area contributed by atoms with Crippen LogP contribution in [0.25, 0.3) is 0 Å². The highest BCUT2D eigenvalue weighted by Crippen LogP contribution is 2.12. The van der Waals surface area contributed by atoms with Crippen molar-refractivity contribution in [1.29, 1.82) is 0 Å². The second-order valence-corrected chi connectivity index (χ2v) is 4.97. The van der Waals surface area contributed by atoms with Crippen molar-refractivity contribution in [3.05, 3.63) is 74.2 Å². The van der Waals surface area contributed by atoms with Gasteiger partial charge >= 0.3 is 0 Å². The van der Waals surface area contributed by atoms with Gasteiger partial charge in [-0.3, -0.25) is 14.9 Å². The van der Waals surface area contributed by atoms with E-state index in [0.717, 1.165) is 10.0 Å². The number of nitrogens with zero attached hydrogens (tertiary/aromatic N) is 2. The quantitative estimate of drug-likeness (QED) is 0.523. The van der Waals surface area contributed by atoms with Crippen molar-refractivity contribution in [2.75, 3.05) is 0 Å². The molecule has 0 radical (unpaired) electrons. The van der Waals surface area contributed by atoms with Crippen LogP contribution in [0, 0.1) is 10.1 Å². The van der Waals surface area contributed by atoms with Crippen molar-refractivity contribution >= 4 is 33.7 Å². The average Bonchev–Trinajstić information content (AvgIpc) is 2.47. The van der Waals surface area contributed by atoms with E-state index < -0.39 is 10.8 Å². The molecule has 0 fully saturated rings. The summed E-state index contributed by atoms with van der Waals surface area (Å²) in [5, 5.41) is 14.4. The van der Waals surface area contributed by atoms with Gasteiger partial charge < -0.3 is 0 Å². The zero-order valence-corrected chi connectivity index (χ0v) is 12.3. The summed E-state index contributed by atoms with van der Waals surface area (Å²) in [6.07, 6.45) is 1.51. The highest BCUT2D eigenvalue weighted by molar-refractivity contribution is 9.10. The number of rotatable bonds is 4. The highest BCUT2D eigenvalue weighted by Gasteiger charge is 2.08. The molecule has 0 bridgehead atoms. The Morgan fingerprint density at radius 2 is 1.95 bits per heavy atom. The van der Waals surface area contributed by atoms with E-state index in [2.05, 4.69) is 26.5 Å². The van der Waals surface area contributed by atoms with Gasteiger partial charge in [0.05, 0.1) is 11.1 Å². The Morgan fingerprint density at radius 1 is 1.24 bits per heavy atom. The number of hydrazone groups is 1. The number of carbonyl (C=O) groups excluding carboxylic acids is 1. The smallest absolute Gasteiger partial charge is 0.267 e. The van der Waals surface area contributed by atoms with Crippen LogP contribution >= 0.6 is 15.9 Å². The van der Waals surface area contributed by atoms with Crippen LogP contribution in [0.5, 0.6) is 0 Å². The van der Waals surface area contributed by atoms with E-state index in [1.165, 1.54) is 30.5 Å². The summed E-state index contributed by atoms with van der Waals surface area (Å²) >= 11 is 3.33. The molecule has 0 saturated carbocycles. The predicted octanol–water partition coefficient (Wildman–Crippen LogP) is 3.12. The van der Waals surface area contributed by atoms with Crippen LogP contribution in [0.15, 0.2) is 58.1 Å². The van der Waals surface area contributed by atoms with Gasteiger partial charge in [0.1, 0.15) is 0 Å².